The third-order valence-electron chi connectivity index (χ3n) is 3.33. The number of ether oxygens (including phenoxy) is 1. The molecule has 20 heavy (non-hydrogen) atoms. The van der Waals surface area contributed by atoms with Gasteiger partial charge in [-0.25, -0.2) is 9.97 Å². The number of fused-ring (bicyclic) bond motifs is 1. The third kappa shape index (κ3) is 2.62. The molecule has 0 fully saturated rings. The van der Waals surface area contributed by atoms with Gasteiger partial charge in [0.15, 0.2) is 5.82 Å². The third-order valence-corrected chi connectivity index (χ3v) is 3.52. The van der Waals surface area contributed by atoms with Crippen molar-refractivity contribution in [1.82, 2.24) is 9.97 Å². The van der Waals surface area contributed by atoms with E-state index in [-0.39, 0.29) is 0 Å². The first-order chi connectivity index (χ1) is 9.78. The fourth-order valence-electron chi connectivity index (χ4n) is 2.42. The molecule has 0 amide bonds. The van der Waals surface area contributed by atoms with Crippen molar-refractivity contribution < 1.29 is 4.74 Å². The number of rotatable bonds is 4. The highest BCUT2D eigenvalue weighted by molar-refractivity contribution is 6.29. The summed E-state index contributed by atoms with van der Waals surface area (Å²) in [4.78, 5) is 10.9. The molecule has 0 spiro atoms. The highest BCUT2D eigenvalue weighted by Crippen LogP contribution is 2.33. The summed E-state index contributed by atoms with van der Waals surface area (Å²) in [6.07, 6.45) is 1.03. The van der Waals surface area contributed by atoms with Crippen LogP contribution in [0.4, 0.5) is 11.5 Å². The molecule has 3 rings (SSSR count). The second kappa shape index (κ2) is 5.77. The average Bonchev–Trinajstić information content (AvgIpc) is 2.88. The van der Waals surface area contributed by atoms with E-state index in [1.54, 1.807) is 6.07 Å². The van der Waals surface area contributed by atoms with E-state index < -0.39 is 0 Å². The van der Waals surface area contributed by atoms with Crippen LogP contribution in [0.3, 0.4) is 0 Å². The molecule has 0 N–H and O–H groups in total. The number of hydrogen-bond donors (Lipinski definition) is 0. The monoisotopic (exact) mass is 289 g/mol. The molecule has 104 valence electrons. The molecule has 0 saturated carbocycles. The molecule has 5 heteroatoms. The molecular formula is C15H16ClN3O. The highest BCUT2D eigenvalue weighted by Gasteiger charge is 2.21. The molecule has 0 bridgehead atoms. The Labute approximate surface area is 123 Å². The Balaban J connectivity index is 1.93. The van der Waals surface area contributed by atoms with Crippen LogP contribution >= 0.6 is 11.6 Å². The van der Waals surface area contributed by atoms with Crippen LogP contribution in [0.5, 0.6) is 0 Å². The first-order valence-corrected chi connectivity index (χ1v) is 7.12. The Morgan fingerprint density at radius 3 is 3.00 bits per heavy atom. The van der Waals surface area contributed by atoms with Crippen molar-refractivity contribution in [2.45, 2.75) is 20.0 Å². The van der Waals surface area contributed by atoms with E-state index in [1.165, 1.54) is 11.3 Å². The smallest absolute Gasteiger partial charge is 0.158 e. The largest absolute Gasteiger partial charge is 0.374 e. The lowest BCUT2D eigenvalue weighted by molar-refractivity contribution is 0.128. The number of para-hydroxylation sites is 1. The molecule has 0 radical (unpaired) electrons. The van der Waals surface area contributed by atoms with Crippen molar-refractivity contribution in [3.8, 4) is 0 Å². The lowest BCUT2D eigenvalue weighted by Crippen LogP contribution is -2.16. The second-order valence-corrected chi connectivity index (χ2v) is 5.02. The van der Waals surface area contributed by atoms with Crippen LogP contribution in [0.15, 0.2) is 30.3 Å². The van der Waals surface area contributed by atoms with E-state index >= 15 is 0 Å². The van der Waals surface area contributed by atoms with Gasteiger partial charge in [0.1, 0.15) is 17.6 Å². The Hall–Kier alpha value is -1.65. The SMILES string of the molecule is CCOCc1nc(Cl)cc(N2CCc3ccccc32)n1. The van der Waals surface area contributed by atoms with E-state index in [9.17, 15) is 0 Å². The topological polar surface area (TPSA) is 38.2 Å². The second-order valence-electron chi connectivity index (χ2n) is 4.63. The van der Waals surface area contributed by atoms with Gasteiger partial charge in [0.25, 0.3) is 0 Å². The zero-order chi connectivity index (χ0) is 13.9. The normalized spacial score (nSPS) is 13.6. The first kappa shape index (κ1) is 13.3. The molecule has 1 aliphatic heterocycles. The van der Waals surface area contributed by atoms with Crippen LogP contribution in [-0.2, 0) is 17.8 Å². The van der Waals surface area contributed by atoms with E-state index in [0.29, 0.717) is 24.2 Å². The molecule has 0 aliphatic carbocycles. The molecule has 2 heterocycles. The van der Waals surface area contributed by atoms with E-state index in [4.69, 9.17) is 16.3 Å². The minimum Gasteiger partial charge on any atom is -0.374 e. The van der Waals surface area contributed by atoms with Crippen LogP contribution in [0.2, 0.25) is 5.15 Å². The highest BCUT2D eigenvalue weighted by atomic mass is 35.5. The van der Waals surface area contributed by atoms with Gasteiger partial charge in [-0.15, -0.1) is 0 Å². The van der Waals surface area contributed by atoms with Crippen LogP contribution < -0.4 is 4.90 Å². The molecule has 1 aromatic heterocycles. The van der Waals surface area contributed by atoms with Gasteiger partial charge in [-0.1, -0.05) is 29.8 Å². The lowest BCUT2D eigenvalue weighted by Gasteiger charge is -2.19. The van der Waals surface area contributed by atoms with Crippen molar-refractivity contribution >= 4 is 23.1 Å². The van der Waals surface area contributed by atoms with Gasteiger partial charge < -0.3 is 9.64 Å². The summed E-state index contributed by atoms with van der Waals surface area (Å²) in [6.45, 7) is 3.89. The average molecular weight is 290 g/mol. The maximum atomic E-state index is 6.10. The Kier molecular flexibility index (Phi) is 3.85. The van der Waals surface area contributed by atoms with Gasteiger partial charge in [0.2, 0.25) is 0 Å². The number of halogens is 1. The standard InChI is InChI=1S/C15H16ClN3O/c1-2-20-10-14-17-13(16)9-15(18-14)19-8-7-11-5-3-4-6-12(11)19/h3-6,9H,2,7-8,10H2,1H3. The fraction of sp³-hybridized carbons (Fsp3) is 0.333. The van der Waals surface area contributed by atoms with Gasteiger partial charge in [-0.05, 0) is 25.0 Å². The van der Waals surface area contributed by atoms with Crippen LogP contribution in [0.1, 0.15) is 18.3 Å². The van der Waals surface area contributed by atoms with E-state index in [1.807, 2.05) is 13.0 Å². The quantitative estimate of drug-likeness (QED) is 0.809. The molecule has 0 saturated heterocycles. The number of anilines is 2. The van der Waals surface area contributed by atoms with Crippen LogP contribution in [-0.4, -0.2) is 23.1 Å². The molecule has 2 aromatic rings. The Morgan fingerprint density at radius 2 is 2.15 bits per heavy atom. The van der Waals surface area contributed by atoms with Crippen molar-refractivity contribution in [2.75, 3.05) is 18.1 Å². The predicted octanol–water partition coefficient (Wildman–Crippen LogP) is 3.36. The Bertz CT molecular complexity index is 618. The minimum absolute atomic E-state index is 0.388. The zero-order valence-electron chi connectivity index (χ0n) is 11.3. The van der Waals surface area contributed by atoms with E-state index in [2.05, 4.69) is 33.1 Å². The lowest BCUT2D eigenvalue weighted by atomic mass is 10.2. The number of hydrogen-bond acceptors (Lipinski definition) is 4. The maximum Gasteiger partial charge on any atom is 0.158 e. The summed E-state index contributed by atoms with van der Waals surface area (Å²) in [5, 5.41) is 0.453. The number of aromatic nitrogens is 2. The number of benzene rings is 1. The Morgan fingerprint density at radius 1 is 1.30 bits per heavy atom. The van der Waals surface area contributed by atoms with Crippen molar-refractivity contribution in [3.05, 3.63) is 46.9 Å². The number of nitrogens with zero attached hydrogens (tertiary/aromatic N) is 3. The molecular weight excluding hydrogens is 274 g/mol. The molecule has 4 nitrogen and oxygen atoms in total. The molecule has 1 aromatic carbocycles. The van der Waals surface area contributed by atoms with Crippen LogP contribution in [0, 0.1) is 0 Å². The van der Waals surface area contributed by atoms with Gasteiger partial charge in [-0.3, -0.25) is 0 Å². The first-order valence-electron chi connectivity index (χ1n) is 6.74. The summed E-state index contributed by atoms with van der Waals surface area (Å²) in [5.41, 5.74) is 2.54. The summed E-state index contributed by atoms with van der Waals surface area (Å²) in [5.74, 6) is 1.46. The summed E-state index contributed by atoms with van der Waals surface area (Å²) in [6, 6.07) is 10.2. The molecule has 1 aliphatic rings. The van der Waals surface area contributed by atoms with E-state index in [0.717, 1.165) is 18.8 Å². The molecule has 0 atom stereocenters. The zero-order valence-corrected chi connectivity index (χ0v) is 12.1. The minimum atomic E-state index is 0.388. The maximum absolute atomic E-state index is 6.10. The fourth-order valence-corrected chi connectivity index (χ4v) is 2.62. The predicted molar refractivity (Wildman–Crippen MR) is 79.5 cm³/mol. The summed E-state index contributed by atoms with van der Waals surface area (Å²) < 4.78 is 5.36. The van der Waals surface area contributed by atoms with Crippen LogP contribution in [0.25, 0.3) is 0 Å². The molecule has 0 unspecified atom stereocenters. The van der Waals surface area contributed by atoms with Crippen molar-refractivity contribution in [1.29, 1.82) is 0 Å². The van der Waals surface area contributed by atoms with Gasteiger partial charge in [0, 0.05) is 24.9 Å². The van der Waals surface area contributed by atoms with Gasteiger partial charge in [0.05, 0.1) is 0 Å². The van der Waals surface area contributed by atoms with Crippen molar-refractivity contribution in [2.24, 2.45) is 0 Å². The summed E-state index contributed by atoms with van der Waals surface area (Å²) in [7, 11) is 0. The van der Waals surface area contributed by atoms with Gasteiger partial charge in [-0.2, -0.15) is 0 Å². The van der Waals surface area contributed by atoms with Crippen molar-refractivity contribution in [3.63, 3.8) is 0 Å². The van der Waals surface area contributed by atoms with Gasteiger partial charge >= 0.3 is 0 Å². The summed E-state index contributed by atoms with van der Waals surface area (Å²) >= 11 is 6.10.